The summed E-state index contributed by atoms with van der Waals surface area (Å²) in [6.07, 6.45) is 1.40. The molecule has 0 saturated carbocycles. The number of para-hydroxylation sites is 1. The van der Waals surface area contributed by atoms with Crippen molar-refractivity contribution in [2.75, 3.05) is 12.4 Å². The number of aromatic nitrogens is 2. The summed E-state index contributed by atoms with van der Waals surface area (Å²) in [5, 5.41) is 3.27. The average Bonchev–Trinajstić information content (AvgIpc) is 2.62. The maximum Gasteiger partial charge on any atom is 0.261 e. The van der Waals surface area contributed by atoms with Gasteiger partial charge in [-0.25, -0.2) is 4.98 Å². The number of hydrogen-bond donors (Lipinski definition) is 1. The summed E-state index contributed by atoms with van der Waals surface area (Å²) >= 11 is 0. The first-order chi connectivity index (χ1) is 11.6. The van der Waals surface area contributed by atoms with Crippen molar-refractivity contribution in [3.63, 3.8) is 0 Å². The van der Waals surface area contributed by atoms with E-state index in [1.54, 1.807) is 56.5 Å². The molecule has 2 aromatic carbocycles. The Kier molecular flexibility index (Phi) is 4.29. The van der Waals surface area contributed by atoms with Crippen molar-refractivity contribution in [2.24, 2.45) is 0 Å². The lowest BCUT2D eigenvalue weighted by Crippen LogP contribution is -2.31. The molecule has 24 heavy (non-hydrogen) atoms. The Hall–Kier alpha value is -3.15. The Morgan fingerprint density at radius 2 is 2.00 bits per heavy atom. The van der Waals surface area contributed by atoms with E-state index >= 15 is 0 Å². The Labute approximate surface area is 138 Å². The van der Waals surface area contributed by atoms with Crippen LogP contribution in [0.4, 0.5) is 5.69 Å². The van der Waals surface area contributed by atoms with Gasteiger partial charge in [0, 0.05) is 11.8 Å². The average molecular weight is 323 g/mol. The number of benzene rings is 2. The van der Waals surface area contributed by atoms with Gasteiger partial charge in [-0.2, -0.15) is 0 Å². The fourth-order valence-electron chi connectivity index (χ4n) is 2.43. The van der Waals surface area contributed by atoms with Gasteiger partial charge in [-0.15, -0.1) is 0 Å². The van der Waals surface area contributed by atoms with E-state index in [9.17, 15) is 9.59 Å². The zero-order valence-electron chi connectivity index (χ0n) is 13.4. The minimum atomic E-state index is -0.694. The third-order valence-corrected chi connectivity index (χ3v) is 3.82. The molecule has 1 aromatic heterocycles. The summed E-state index contributed by atoms with van der Waals surface area (Å²) in [5.74, 6) is 0.340. The Balaban J connectivity index is 1.88. The molecule has 1 N–H and O–H groups in total. The highest BCUT2D eigenvalue weighted by Crippen LogP contribution is 2.18. The van der Waals surface area contributed by atoms with Crippen molar-refractivity contribution in [3.05, 3.63) is 65.2 Å². The number of hydrogen-bond acceptors (Lipinski definition) is 4. The van der Waals surface area contributed by atoms with Crippen LogP contribution >= 0.6 is 0 Å². The molecular formula is C18H17N3O3. The van der Waals surface area contributed by atoms with E-state index < -0.39 is 6.04 Å². The quantitative estimate of drug-likeness (QED) is 0.801. The van der Waals surface area contributed by atoms with Crippen LogP contribution in [0.1, 0.15) is 13.0 Å². The number of rotatable bonds is 4. The molecule has 0 fully saturated rings. The normalized spacial score (nSPS) is 11.9. The molecular weight excluding hydrogens is 306 g/mol. The molecule has 6 nitrogen and oxygen atoms in total. The van der Waals surface area contributed by atoms with E-state index in [-0.39, 0.29) is 11.5 Å². The van der Waals surface area contributed by atoms with E-state index in [1.807, 2.05) is 6.07 Å². The number of fused-ring (bicyclic) bond motifs is 1. The van der Waals surface area contributed by atoms with Gasteiger partial charge in [0.05, 0.1) is 24.3 Å². The molecule has 3 rings (SSSR count). The van der Waals surface area contributed by atoms with Crippen LogP contribution in [0.25, 0.3) is 10.9 Å². The van der Waals surface area contributed by atoms with Crippen molar-refractivity contribution in [1.82, 2.24) is 9.55 Å². The summed E-state index contributed by atoms with van der Waals surface area (Å²) in [6.45, 7) is 1.66. The summed E-state index contributed by atoms with van der Waals surface area (Å²) in [7, 11) is 1.56. The molecule has 0 unspecified atom stereocenters. The fraction of sp³-hybridized carbons (Fsp3) is 0.167. The first-order valence-electron chi connectivity index (χ1n) is 7.51. The van der Waals surface area contributed by atoms with Gasteiger partial charge in [0.1, 0.15) is 11.8 Å². The van der Waals surface area contributed by atoms with Crippen LogP contribution in [-0.2, 0) is 4.79 Å². The van der Waals surface area contributed by atoms with Crippen LogP contribution in [0.5, 0.6) is 5.75 Å². The maximum atomic E-state index is 12.6. The largest absolute Gasteiger partial charge is 0.497 e. The standard InChI is InChI=1S/C18H17N3O3/c1-12(17(22)20-13-6-5-7-14(10-13)24-2)21-11-19-16-9-4-3-8-15(16)18(21)23/h3-12H,1-2H3,(H,20,22)/t12-/m1/s1. The van der Waals surface area contributed by atoms with Crippen LogP contribution in [0.2, 0.25) is 0 Å². The van der Waals surface area contributed by atoms with E-state index in [2.05, 4.69) is 10.3 Å². The summed E-state index contributed by atoms with van der Waals surface area (Å²) in [4.78, 5) is 29.3. The van der Waals surface area contributed by atoms with Crippen molar-refractivity contribution in [2.45, 2.75) is 13.0 Å². The van der Waals surface area contributed by atoms with E-state index in [4.69, 9.17) is 4.74 Å². The minimum Gasteiger partial charge on any atom is -0.497 e. The Morgan fingerprint density at radius 1 is 1.21 bits per heavy atom. The van der Waals surface area contributed by atoms with Gasteiger partial charge in [0.25, 0.3) is 5.56 Å². The van der Waals surface area contributed by atoms with E-state index in [0.717, 1.165) is 0 Å². The predicted octanol–water partition coefficient (Wildman–Crippen LogP) is 2.60. The van der Waals surface area contributed by atoms with Crippen molar-refractivity contribution >= 4 is 22.5 Å². The Bertz CT molecular complexity index is 949. The molecule has 122 valence electrons. The van der Waals surface area contributed by atoms with Crippen LogP contribution in [0.15, 0.2) is 59.7 Å². The topological polar surface area (TPSA) is 73.2 Å². The highest BCUT2D eigenvalue weighted by Gasteiger charge is 2.17. The maximum absolute atomic E-state index is 12.6. The number of carbonyl (C=O) groups excluding carboxylic acids is 1. The number of carbonyl (C=O) groups is 1. The van der Waals surface area contributed by atoms with Crippen LogP contribution in [0.3, 0.4) is 0 Å². The van der Waals surface area contributed by atoms with Gasteiger partial charge in [0.15, 0.2) is 0 Å². The lowest BCUT2D eigenvalue weighted by atomic mass is 10.2. The molecule has 6 heteroatoms. The number of anilines is 1. The first-order valence-corrected chi connectivity index (χ1v) is 7.51. The number of ether oxygens (including phenoxy) is 1. The molecule has 0 aliphatic heterocycles. The highest BCUT2D eigenvalue weighted by atomic mass is 16.5. The molecule has 0 saturated heterocycles. The number of nitrogens with one attached hydrogen (secondary N) is 1. The summed E-state index contributed by atoms with van der Waals surface area (Å²) in [5.41, 5.74) is 0.973. The van der Waals surface area contributed by atoms with Crippen molar-refractivity contribution in [1.29, 1.82) is 0 Å². The number of nitrogens with zero attached hydrogens (tertiary/aromatic N) is 2. The van der Waals surface area contributed by atoms with E-state index in [1.165, 1.54) is 10.9 Å². The third kappa shape index (κ3) is 2.99. The van der Waals surface area contributed by atoms with Gasteiger partial charge in [-0.3, -0.25) is 14.2 Å². The molecule has 1 heterocycles. The van der Waals surface area contributed by atoms with Gasteiger partial charge in [-0.05, 0) is 31.2 Å². The van der Waals surface area contributed by atoms with Crippen LogP contribution < -0.4 is 15.6 Å². The van der Waals surface area contributed by atoms with Gasteiger partial charge in [0.2, 0.25) is 5.91 Å². The highest BCUT2D eigenvalue weighted by molar-refractivity contribution is 5.93. The second-order valence-electron chi connectivity index (χ2n) is 5.37. The SMILES string of the molecule is COc1cccc(NC(=O)[C@@H](C)n2cnc3ccccc3c2=O)c1. The second-order valence-corrected chi connectivity index (χ2v) is 5.37. The molecule has 1 atom stereocenters. The zero-order chi connectivity index (χ0) is 17.1. The van der Waals surface area contributed by atoms with E-state index in [0.29, 0.717) is 22.3 Å². The molecule has 0 bridgehead atoms. The third-order valence-electron chi connectivity index (χ3n) is 3.82. The summed E-state index contributed by atoms with van der Waals surface area (Å²) in [6, 6.07) is 13.4. The van der Waals surface area contributed by atoms with Crippen LogP contribution in [-0.4, -0.2) is 22.6 Å². The number of amides is 1. The van der Waals surface area contributed by atoms with Crippen molar-refractivity contribution < 1.29 is 9.53 Å². The lowest BCUT2D eigenvalue weighted by Gasteiger charge is -2.15. The Morgan fingerprint density at radius 3 is 2.79 bits per heavy atom. The van der Waals surface area contributed by atoms with Gasteiger partial charge >= 0.3 is 0 Å². The van der Waals surface area contributed by atoms with Crippen LogP contribution in [0, 0.1) is 0 Å². The number of methoxy groups -OCH3 is 1. The zero-order valence-corrected chi connectivity index (χ0v) is 13.4. The predicted molar refractivity (Wildman–Crippen MR) is 92.3 cm³/mol. The van der Waals surface area contributed by atoms with Gasteiger partial charge in [-0.1, -0.05) is 18.2 Å². The first kappa shape index (κ1) is 15.7. The van der Waals surface area contributed by atoms with Gasteiger partial charge < -0.3 is 10.1 Å². The second kappa shape index (κ2) is 6.54. The minimum absolute atomic E-state index is 0.242. The molecule has 1 amide bonds. The molecule has 0 aliphatic rings. The molecule has 0 radical (unpaired) electrons. The monoisotopic (exact) mass is 323 g/mol. The summed E-state index contributed by atoms with van der Waals surface area (Å²) < 4.78 is 6.46. The smallest absolute Gasteiger partial charge is 0.261 e. The van der Waals surface area contributed by atoms with Crippen molar-refractivity contribution in [3.8, 4) is 5.75 Å². The molecule has 3 aromatic rings. The fourth-order valence-corrected chi connectivity index (χ4v) is 2.43. The lowest BCUT2D eigenvalue weighted by molar-refractivity contribution is -0.118. The molecule has 0 aliphatic carbocycles. The molecule has 0 spiro atoms.